The molecular formula is C17H18FNO2. The Balaban J connectivity index is 2.26. The van der Waals surface area contributed by atoms with Crippen LogP contribution in [0.1, 0.15) is 34.5 Å². The molecule has 1 atom stereocenters. The fourth-order valence-electron chi connectivity index (χ4n) is 2.09. The number of ether oxygens (including phenoxy) is 1. The van der Waals surface area contributed by atoms with Crippen LogP contribution in [0.2, 0.25) is 0 Å². The summed E-state index contributed by atoms with van der Waals surface area (Å²) >= 11 is 0. The fraction of sp³-hybridized carbons (Fsp3) is 0.235. The molecule has 21 heavy (non-hydrogen) atoms. The van der Waals surface area contributed by atoms with Gasteiger partial charge in [-0.25, -0.2) is 9.18 Å². The van der Waals surface area contributed by atoms with Crippen LogP contribution in [0.4, 0.5) is 10.1 Å². The molecule has 0 spiro atoms. The van der Waals surface area contributed by atoms with Crippen molar-refractivity contribution in [1.82, 2.24) is 0 Å². The second-order valence-corrected chi connectivity index (χ2v) is 4.96. The Kier molecular flexibility index (Phi) is 4.58. The maximum Gasteiger partial charge on any atom is 0.340 e. The van der Waals surface area contributed by atoms with Gasteiger partial charge < -0.3 is 10.1 Å². The van der Waals surface area contributed by atoms with E-state index < -0.39 is 11.8 Å². The molecule has 1 unspecified atom stereocenters. The summed E-state index contributed by atoms with van der Waals surface area (Å²) in [5.41, 5.74) is 3.01. The molecule has 0 radical (unpaired) electrons. The number of halogens is 1. The summed E-state index contributed by atoms with van der Waals surface area (Å²) in [5, 5.41) is 3.22. The summed E-state index contributed by atoms with van der Waals surface area (Å²) in [6.45, 7) is 4.01. The average molecular weight is 287 g/mol. The monoisotopic (exact) mass is 287 g/mol. The second kappa shape index (κ2) is 6.39. The van der Waals surface area contributed by atoms with Gasteiger partial charge in [-0.05, 0) is 37.6 Å². The normalized spacial score (nSPS) is 11.8. The van der Waals surface area contributed by atoms with E-state index in [9.17, 15) is 9.18 Å². The van der Waals surface area contributed by atoms with Gasteiger partial charge in [0.25, 0.3) is 0 Å². The van der Waals surface area contributed by atoms with Crippen LogP contribution < -0.4 is 5.32 Å². The molecule has 0 aliphatic heterocycles. The highest BCUT2D eigenvalue weighted by atomic mass is 19.1. The molecule has 0 aliphatic carbocycles. The van der Waals surface area contributed by atoms with Crippen LogP contribution in [0.3, 0.4) is 0 Å². The molecule has 1 N–H and O–H groups in total. The fourth-order valence-corrected chi connectivity index (χ4v) is 2.09. The molecular weight excluding hydrogens is 269 g/mol. The molecule has 3 nitrogen and oxygen atoms in total. The van der Waals surface area contributed by atoms with E-state index in [2.05, 4.69) is 10.1 Å². The number of esters is 1. The molecule has 0 fully saturated rings. The first-order chi connectivity index (χ1) is 10.0. The number of carbonyl (C=O) groups is 1. The van der Waals surface area contributed by atoms with Crippen molar-refractivity contribution >= 4 is 11.7 Å². The molecule has 4 heteroatoms. The first-order valence-electron chi connectivity index (χ1n) is 6.72. The lowest BCUT2D eigenvalue weighted by molar-refractivity contribution is 0.0601. The minimum absolute atomic E-state index is 0.0144. The van der Waals surface area contributed by atoms with Gasteiger partial charge in [0, 0.05) is 11.7 Å². The molecule has 2 aromatic carbocycles. The molecule has 0 heterocycles. The minimum atomic E-state index is -0.562. The van der Waals surface area contributed by atoms with Gasteiger partial charge >= 0.3 is 5.97 Å². The number of rotatable bonds is 4. The zero-order valence-electron chi connectivity index (χ0n) is 12.3. The second-order valence-electron chi connectivity index (χ2n) is 4.96. The lowest BCUT2D eigenvalue weighted by atomic mass is 10.1. The maximum atomic E-state index is 13.3. The number of benzene rings is 2. The van der Waals surface area contributed by atoms with E-state index in [1.54, 1.807) is 6.07 Å². The number of methoxy groups -OCH3 is 1. The van der Waals surface area contributed by atoms with Crippen molar-refractivity contribution in [2.45, 2.75) is 19.9 Å². The summed E-state index contributed by atoms with van der Waals surface area (Å²) in [4.78, 5) is 11.7. The van der Waals surface area contributed by atoms with Gasteiger partial charge in [0.05, 0.1) is 12.7 Å². The Hall–Kier alpha value is -2.36. The van der Waals surface area contributed by atoms with Crippen LogP contribution in [0, 0.1) is 12.7 Å². The predicted molar refractivity (Wildman–Crippen MR) is 81.0 cm³/mol. The van der Waals surface area contributed by atoms with Crippen LogP contribution in [-0.4, -0.2) is 13.1 Å². The van der Waals surface area contributed by atoms with Crippen molar-refractivity contribution in [2.75, 3.05) is 12.4 Å². The Morgan fingerprint density at radius 2 is 1.86 bits per heavy atom. The van der Waals surface area contributed by atoms with Crippen molar-refractivity contribution in [2.24, 2.45) is 0 Å². The molecule has 0 aliphatic rings. The van der Waals surface area contributed by atoms with E-state index in [-0.39, 0.29) is 11.6 Å². The average Bonchev–Trinajstić information content (AvgIpc) is 2.48. The molecule has 0 saturated heterocycles. The minimum Gasteiger partial charge on any atom is -0.465 e. The maximum absolute atomic E-state index is 13.3. The topological polar surface area (TPSA) is 38.3 Å². The van der Waals surface area contributed by atoms with E-state index in [1.165, 1.54) is 24.8 Å². The zero-order chi connectivity index (χ0) is 15.4. The van der Waals surface area contributed by atoms with Gasteiger partial charge in [0.15, 0.2) is 0 Å². The molecule has 0 bridgehead atoms. The number of aryl methyl sites for hydroxylation is 1. The smallest absolute Gasteiger partial charge is 0.340 e. The van der Waals surface area contributed by atoms with E-state index in [1.807, 2.05) is 38.1 Å². The molecule has 110 valence electrons. The SMILES string of the molecule is COC(=O)c1cc(F)ccc1NC(C)c1ccc(C)cc1. The number of hydrogen-bond acceptors (Lipinski definition) is 3. The summed E-state index contributed by atoms with van der Waals surface area (Å²) < 4.78 is 18.0. The third kappa shape index (κ3) is 3.60. The van der Waals surface area contributed by atoms with Gasteiger partial charge in [-0.3, -0.25) is 0 Å². The number of anilines is 1. The quantitative estimate of drug-likeness (QED) is 0.861. The van der Waals surface area contributed by atoms with Crippen LogP contribution >= 0.6 is 0 Å². The Morgan fingerprint density at radius 3 is 2.48 bits per heavy atom. The van der Waals surface area contributed by atoms with Gasteiger partial charge in [0.1, 0.15) is 5.82 Å². The lowest BCUT2D eigenvalue weighted by Gasteiger charge is -2.18. The van der Waals surface area contributed by atoms with E-state index in [0.29, 0.717) is 5.69 Å². The molecule has 0 amide bonds. The van der Waals surface area contributed by atoms with Crippen molar-refractivity contribution in [3.63, 3.8) is 0 Å². The highest BCUT2D eigenvalue weighted by molar-refractivity contribution is 5.95. The zero-order valence-corrected chi connectivity index (χ0v) is 12.3. The van der Waals surface area contributed by atoms with Crippen LogP contribution in [0.25, 0.3) is 0 Å². The van der Waals surface area contributed by atoms with E-state index >= 15 is 0 Å². The van der Waals surface area contributed by atoms with E-state index in [0.717, 1.165) is 5.56 Å². The molecule has 2 rings (SSSR count). The third-order valence-corrected chi connectivity index (χ3v) is 3.34. The van der Waals surface area contributed by atoms with Crippen LogP contribution in [0.5, 0.6) is 0 Å². The summed E-state index contributed by atoms with van der Waals surface area (Å²) in [7, 11) is 1.28. The number of hydrogen-bond donors (Lipinski definition) is 1. The summed E-state index contributed by atoms with van der Waals surface area (Å²) in [6.07, 6.45) is 0. The van der Waals surface area contributed by atoms with Gasteiger partial charge in [-0.15, -0.1) is 0 Å². The Bertz CT molecular complexity index is 638. The lowest BCUT2D eigenvalue weighted by Crippen LogP contribution is -2.12. The highest BCUT2D eigenvalue weighted by Crippen LogP contribution is 2.24. The largest absolute Gasteiger partial charge is 0.465 e. The third-order valence-electron chi connectivity index (χ3n) is 3.34. The van der Waals surface area contributed by atoms with Gasteiger partial charge in [-0.2, -0.15) is 0 Å². The predicted octanol–water partition coefficient (Wildman–Crippen LogP) is 4.09. The van der Waals surface area contributed by atoms with Crippen molar-refractivity contribution in [3.8, 4) is 0 Å². The number of nitrogens with one attached hydrogen (secondary N) is 1. The number of carbonyl (C=O) groups excluding carboxylic acids is 1. The standard InChI is InChI=1S/C17H18FNO2/c1-11-4-6-13(7-5-11)12(2)19-16-9-8-14(18)10-15(16)17(20)21-3/h4-10,12,19H,1-3H3. The van der Waals surface area contributed by atoms with Crippen LogP contribution in [0.15, 0.2) is 42.5 Å². The van der Waals surface area contributed by atoms with Crippen molar-refractivity contribution in [1.29, 1.82) is 0 Å². The summed E-state index contributed by atoms with van der Waals surface area (Å²) in [6, 6.07) is 12.1. The molecule has 2 aromatic rings. The summed E-state index contributed by atoms with van der Waals surface area (Å²) in [5.74, 6) is -1.03. The van der Waals surface area contributed by atoms with Crippen molar-refractivity contribution in [3.05, 3.63) is 65.0 Å². The molecule has 0 aromatic heterocycles. The first-order valence-corrected chi connectivity index (χ1v) is 6.72. The van der Waals surface area contributed by atoms with Crippen LogP contribution in [-0.2, 0) is 4.74 Å². The van der Waals surface area contributed by atoms with Gasteiger partial charge in [0.2, 0.25) is 0 Å². The highest BCUT2D eigenvalue weighted by Gasteiger charge is 2.15. The molecule has 0 saturated carbocycles. The Labute approximate surface area is 123 Å². The first kappa shape index (κ1) is 15.0. The Morgan fingerprint density at radius 1 is 1.19 bits per heavy atom. The van der Waals surface area contributed by atoms with E-state index in [4.69, 9.17) is 0 Å². The van der Waals surface area contributed by atoms with Crippen molar-refractivity contribution < 1.29 is 13.9 Å². The van der Waals surface area contributed by atoms with Gasteiger partial charge in [-0.1, -0.05) is 29.8 Å².